The van der Waals surface area contributed by atoms with Crippen molar-refractivity contribution >= 4 is 23.6 Å². The molecule has 0 spiro atoms. The number of hydrogen-bond donors (Lipinski definition) is 5. The topological polar surface area (TPSA) is 146 Å². The van der Waals surface area contributed by atoms with Gasteiger partial charge < -0.3 is 31.9 Å². The molecule has 10 nitrogen and oxygen atoms in total. The fourth-order valence-electron chi connectivity index (χ4n) is 8.18. The van der Waals surface area contributed by atoms with Crippen molar-refractivity contribution < 1.29 is 19.2 Å². The van der Waals surface area contributed by atoms with Crippen LogP contribution in [-0.4, -0.2) is 72.3 Å². The Hall–Kier alpha value is -2.88. The van der Waals surface area contributed by atoms with Gasteiger partial charge in [-0.05, 0) is 81.6 Å². The molecule has 0 bridgehead atoms. The average molecular weight is 715 g/mol. The summed E-state index contributed by atoms with van der Waals surface area (Å²) in [5, 5.41) is 12.8. The summed E-state index contributed by atoms with van der Waals surface area (Å²) in [4.78, 5) is 55.5. The molecule has 2 aliphatic carbocycles. The Morgan fingerprint density at radius 2 is 1.59 bits per heavy atom. The highest BCUT2D eigenvalue weighted by atomic mass is 16.2. The van der Waals surface area contributed by atoms with Gasteiger partial charge in [0.2, 0.25) is 11.8 Å². The number of nitrogens with zero attached hydrogens (tertiary/aromatic N) is 1. The number of carbonyl (C=O) groups is 4. The molecule has 4 amide bonds. The maximum Gasteiger partial charge on any atom is 0.315 e. The van der Waals surface area contributed by atoms with Crippen molar-refractivity contribution in [2.45, 2.75) is 164 Å². The summed E-state index contributed by atoms with van der Waals surface area (Å²) in [7, 11) is 1.50. The Morgan fingerprint density at radius 1 is 0.961 bits per heavy atom. The van der Waals surface area contributed by atoms with E-state index in [-0.39, 0.29) is 70.5 Å². The number of nitrogens with two attached hydrogens (primary N) is 1. The molecular weight excluding hydrogens is 640 g/mol. The third kappa shape index (κ3) is 11.8. The van der Waals surface area contributed by atoms with Gasteiger partial charge >= 0.3 is 6.03 Å². The van der Waals surface area contributed by atoms with E-state index < -0.39 is 6.04 Å². The number of amides is 4. The summed E-state index contributed by atoms with van der Waals surface area (Å²) in [6.45, 7) is 29.6. The number of piperidine rings is 1. The maximum absolute atomic E-state index is 14.8. The quantitative estimate of drug-likeness (QED) is 0.0973. The van der Waals surface area contributed by atoms with E-state index in [9.17, 15) is 19.2 Å². The average Bonchev–Trinajstić information content (AvgIpc) is 3.33. The van der Waals surface area contributed by atoms with Crippen LogP contribution >= 0.6 is 0 Å². The minimum absolute atomic E-state index is 0.0280. The summed E-state index contributed by atoms with van der Waals surface area (Å²) in [5.41, 5.74) is 5.60. The van der Waals surface area contributed by atoms with Gasteiger partial charge in [-0.1, -0.05) is 100 Å². The smallest absolute Gasteiger partial charge is 0.315 e. The van der Waals surface area contributed by atoms with Crippen LogP contribution in [0.25, 0.3) is 0 Å². The van der Waals surface area contributed by atoms with Gasteiger partial charge in [0.1, 0.15) is 6.04 Å². The van der Waals surface area contributed by atoms with Crippen LogP contribution in [0.4, 0.5) is 4.79 Å². The molecule has 0 aromatic rings. The Morgan fingerprint density at radius 3 is 2.08 bits per heavy atom. The van der Waals surface area contributed by atoms with Gasteiger partial charge in [0, 0.05) is 36.3 Å². The zero-order valence-electron chi connectivity index (χ0n) is 34.0. The Kier molecular flexibility index (Phi) is 16.7. The second-order valence-corrected chi connectivity index (χ2v) is 17.3. The molecule has 1 saturated heterocycles. The summed E-state index contributed by atoms with van der Waals surface area (Å²) < 4.78 is 0. The van der Waals surface area contributed by atoms with Crippen molar-refractivity contribution in [2.24, 2.45) is 40.2 Å². The largest absolute Gasteiger partial charge is 0.380 e. The van der Waals surface area contributed by atoms with Crippen LogP contribution in [0.2, 0.25) is 0 Å². The molecule has 6 N–H and O–H groups in total. The number of urea groups is 1. The second kappa shape index (κ2) is 19.3. The fourth-order valence-corrected chi connectivity index (χ4v) is 8.18. The number of ketones is 1. The van der Waals surface area contributed by atoms with Gasteiger partial charge in [-0.15, -0.1) is 0 Å². The van der Waals surface area contributed by atoms with Crippen molar-refractivity contribution in [3.63, 3.8) is 0 Å². The summed E-state index contributed by atoms with van der Waals surface area (Å²) in [6, 6.07) is -1.75. The van der Waals surface area contributed by atoms with Crippen LogP contribution in [0.5, 0.6) is 0 Å². The standard InChI is InChI=1S/C40H69N5O4.CH5N/c1-13-15-19-29(14-2)35(44-38(49)43-32(39(8,9)10)20-21-33(47)41-24(3)4)37(48)45-23-30-34(40(30,11)12)36(45)26(6)42-31(25(5)27(7)46)22-28-17-16-18-28;1-2/h24,28-32,34-36,42H,5-6,13-23H2,1-4,7-12H3,(H,41,47)(H2,43,44,49);2H2,1H3/t29?,30-,31?,32?,34-,35?,36?;/m0./s1. The molecule has 0 aromatic carbocycles. The first-order chi connectivity index (χ1) is 23.8. The summed E-state index contributed by atoms with van der Waals surface area (Å²) >= 11 is 0. The molecule has 3 fully saturated rings. The number of fused-ring (bicyclic) bond motifs is 1. The SMILES string of the molecule is C=C(C(C)=O)C(CC1CCC1)NC(=C)C1[C@@H]2[C@H](CN1C(=O)C(NC(=O)NC(CCC(=O)NC(C)C)C(C)(C)C)C(CC)CCCC)C2(C)C.CN. The third-order valence-electron chi connectivity index (χ3n) is 11.8. The number of Topliss-reactive ketones (excluding diaryl/α,β-unsaturated/α-hetero) is 1. The molecule has 1 heterocycles. The Labute approximate surface area is 310 Å². The van der Waals surface area contributed by atoms with E-state index in [1.54, 1.807) is 6.92 Å². The fraction of sp³-hybridized carbons (Fsp3) is 0.805. The first kappa shape index (κ1) is 44.3. The zero-order chi connectivity index (χ0) is 38.8. The van der Waals surface area contributed by atoms with Crippen molar-refractivity contribution in [3.05, 3.63) is 24.4 Å². The van der Waals surface area contributed by atoms with E-state index in [1.165, 1.54) is 13.5 Å². The lowest BCUT2D eigenvalue weighted by molar-refractivity contribution is -0.136. The minimum atomic E-state index is -0.699. The Balaban J connectivity index is 0.00000442. The second-order valence-electron chi connectivity index (χ2n) is 17.3. The lowest BCUT2D eigenvalue weighted by Crippen LogP contribution is -2.59. The van der Waals surface area contributed by atoms with Gasteiger partial charge in [0.05, 0.1) is 12.1 Å². The van der Waals surface area contributed by atoms with Gasteiger partial charge in [-0.25, -0.2) is 4.79 Å². The highest BCUT2D eigenvalue weighted by Gasteiger charge is 2.68. The molecule has 0 aromatic heterocycles. The number of carbonyl (C=O) groups excluding carboxylic acids is 4. The highest BCUT2D eigenvalue weighted by Crippen LogP contribution is 2.65. The molecule has 5 unspecified atom stereocenters. The Bertz CT molecular complexity index is 1220. The van der Waals surface area contributed by atoms with Crippen LogP contribution in [0.1, 0.15) is 133 Å². The molecule has 7 atom stereocenters. The monoisotopic (exact) mass is 715 g/mol. The molecule has 3 rings (SSSR count). The molecule has 2 saturated carbocycles. The lowest BCUT2D eigenvalue weighted by Gasteiger charge is -2.39. The molecule has 10 heteroatoms. The van der Waals surface area contributed by atoms with Gasteiger partial charge in [0.15, 0.2) is 5.78 Å². The van der Waals surface area contributed by atoms with Crippen molar-refractivity contribution in [3.8, 4) is 0 Å². The normalized spacial score (nSPS) is 22.9. The molecule has 292 valence electrons. The van der Waals surface area contributed by atoms with E-state index in [0.717, 1.165) is 50.6 Å². The van der Waals surface area contributed by atoms with Crippen LogP contribution < -0.4 is 27.0 Å². The third-order valence-corrected chi connectivity index (χ3v) is 11.8. The van der Waals surface area contributed by atoms with Crippen LogP contribution in [0.3, 0.4) is 0 Å². The molecule has 3 aliphatic rings. The number of likely N-dealkylation sites (tertiary alicyclic amines) is 1. The van der Waals surface area contributed by atoms with Gasteiger partial charge in [-0.2, -0.15) is 0 Å². The number of rotatable bonds is 19. The predicted octanol–water partition coefficient (Wildman–Crippen LogP) is 6.46. The lowest BCUT2D eigenvalue weighted by atomic mass is 9.79. The number of hydrogen-bond acceptors (Lipinski definition) is 6. The van der Waals surface area contributed by atoms with Crippen molar-refractivity contribution in [1.29, 1.82) is 0 Å². The van der Waals surface area contributed by atoms with Crippen molar-refractivity contribution in [1.82, 2.24) is 26.2 Å². The number of unbranched alkanes of at least 4 members (excludes halogenated alkanes) is 1. The van der Waals surface area contributed by atoms with Crippen LogP contribution in [-0.2, 0) is 14.4 Å². The molecule has 0 radical (unpaired) electrons. The van der Waals surface area contributed by atoms with Gasteiger partial charge in [-0.3, -0.25) is 14.4 Å². The molecule has 1 aliphatic heterocycles. The van der Waals surface area contributed by atoms with Crippen molar-refractivity contribution in [2.75, 3.05) is 13.6 Å². The van der Waals surface area contributed by atoms with E-state index in [1.807, 2.05) is 18.7 Å². The van der Waals surface area contributed by atoms with Gasteiger partial charge in [0.25, 0.3) is 0 Å². The summed E-state index contributed by atoms with van der Waals surface area (Å²) in [5.74, 6) is 0.983. The van der Waals surface area contributed by atoms with Crippen LogP contribution in [0.15, 0.2) is 24.4 Å². The predicted molar refractivity (Wildman–Crippen MR) is 209 cm³/mol. The first-order valence-corrected chi connectivity index (χ1v) is 19.7. The van der Waals surface area contributed by atoms with E-state index in [4.69, 9.17) is 0 Å². The molecular formula is C41H74N6O4. The maximum atomic E-state index is 14.8. The molecule has 51 heavy (non-hydrogen) atoms. The first-order valence-electron chi connectivity index (χ1n) is 19.7. The van der Waals surface area contributed by atoms with E-state index >= 15 is 0 Å². The van der Waals surface area contributed by atoms with E-state index in [0.29, 0.717) is 36.8 Å². The van der Waals surface area contributed by atoms with Crippen LogP contribution in [0, 0.1) is 34.5 Å². The highest BCUT2D eigenvalue weighted by molar-refractivity contribution is 5.94. The summed E-state index contributed by atoms with van der Waals surface area (Å²) in [6.07, 6.45) is 8.73. The van der Waals surface area contributed by atoms with E-state index in [2.05, 4.69) is 88.6 Å². The number of nitrogens with one attached hydrogen (secondary N) is 4. The zero-order valence-corrected chi connectivity index (χ0v) is 34.0. The minimum Gasteiger partial charge on any atom is -0.380 e.